The summed E-state index contributed by atoms with van der Waals surface area (Å²) in [7, 11) is 7.65. The van der Waals surface area contributed by atoms with Crippen LogP contribution in [0.25, 0.3) is 5.70 Å². The Balaban J connectivity index is 0.000000240. The first-order valence-electron chi connectivity index (χ1n) is 11.7. The molecular formula is C25H40BN5O4. The van der Waals surface area contributed by atoms with Crippen molar-refractivity contribution in [2.24, 2.45) is 29.0 Å². The second-order valence-electron chi connectivity index (χ2n) is 9.02. The van der Waals surface area contributed by atoms with Crippen LogP contribution in [0.3, 0.4) is 0 Å². The van der Waals surface area contributed by atoms with Crippen LogP contribution in [0.4, 0.5) is 0 Å². The number of nitrogens with one attached hydrogen (secondary N) is 1. The lowest BCUT2D eigenvalue weighted by molar-refractivity contribution is -0.190. The minimum Gasteiger partial charge on any atom is -0.398 e. The number of fused-ring (bicyclic) bond motifs is 1. The number of carbonyl (C=O) groups excluding carboxylic acids is 1. The quantitative estimate of drug-likeness (QED) is 0.302. The molecule has 1 aliphatic carbocycles. The third kappa shape index (κ3) is 7.48. The molecule has 0 spiro atoms. The number of ether oxygens (including phenoxy) is 2. The summed E-state index contributed by atoms with van der Waals surface area (Å²) < 4.78 is 10.9. The molecule has 0 aromatic heterocycles. The molecule has 2 radical (unpaired) electrons. The number of nitrogens with two attached hydrogens (primary N) is 3. The molecule has 3 aliphatic rings. The summed E-state index contributed by atoms with van der Waals surface area (Å²) in [4.78, 5) is 13.4. The number of likely N-dealkylation sites (tertiary alicyclic amines) is 1. The predicted octanol–water partition coefficient (Wildman–Crippen LogP) is 0.689. The van der Waals surface area contributed by atoms with Crippen molar-refractivity contribution in [2.75, 3.05) is 40.0 Å². The number of hydrogen-bond donors (Lipinski definition) is 5. The minimum absolute atomic E-state index is 0. The third-order valence-corrected chi connectivity index (χ3v) is 6.66. The van der Waals surface area contributed by atoms with E-state index in [0.29, 0.717) is 31.1 Å². The van der Waals surface area contributed by atoms with Gasteiger partial charge in [0.15, 0.2) is 0 Å². The Morgan fingerprint density at radius 1 is 1.17 bits per heavy atom. The molecule has 1 aromatic rings. The van der Waals surface area contributed by atoms with Crippen molar-refractivity contribution >= 4 is 19.5 Å². The molecule has 4 rings (SSSR count). The second-order valence-corrected chi connectivity index (χ2v) is 9.02. The molecule has 192 valence electrons. The zero-order valence-corrected chi connectivity index (χ0v) is 19.8. The molecule has 35 heavy (non-hydrogen) atoms. The summed E-state index contributed by atoms with van der Waals surface area (Å²) in [6, 6.07) is 6.98. The van der Waals surface area contributed by atoms with Gasteiger partial charge in [-0.15, -0.1) is 0 Å². The standard InChI is InChI=1S/C12H20BNO3.C12H16N4O.CH4/c13-12(15,11-8-16-4-5-17-11)14-6-9-2-1-3-10(9)7-14;1-16-12(17)9-4-2-3-8(7-9)10(13)5-6-11(14)15;/h9-11,15H,1-8H2;2-7H,13-15H2,1H3,(H,16,17);1H4/b;10-5-;. The van der Waals surface area contributed by atoms with Crippen molar-refractivity contribution < 1.29 is 19.4 Å². The summed E-state index contributed by atoms with van der Waals surface area (Å²) in [5.74, 6) is 1.45. The van der Waals surface area contributed by atoms with Crippen molar-refractivity contribution in [3.63, 3.8) is 0 Å². The fraction of sp³-hybridized carbons (Fsp3) is 0.560. The van der Waals surface area contributed by atoms with E-state index in [1.807, 2.05) is 4.90 Å². The topological polar surface area (TPSA) is 149 Å². The van der Waals surface area contributed by atoms with Gasteiger partial charge in [-0.25, -0.2) is 0 Å². The second kappa shape index (κ2) is 13.0. The van der Waals surface area contributed by atoms with Crippen LogP contribution in [-0.2, 0) is 9.47 Å². The lowest BCUT2D eigenvalue weighted by Crippen LogP contribution is -2.60. The minimum atomic E-state index is -1.37. The fourth-order valence-electron chi connectivity index (χ4n) is 4.73. The van der Waals surface area contributed by atoms with Gasteiger partial charge in [0.2, 0.25) is 0 Å². The van der Waals surface area contributed by atoms with E-state index < -0.39 is 11.7 Å². The third-order valence-electron chi connectivity index (χ3n) is 6.66. The molecule has 0 bridgehead atoms. The van der Waals surface area contributed by atoms with Crippen LogP contribution < -0.4 is 22.5 Å². The Bertz CT molecular complexity index is 886. The number of amides is 1. The Morgan fingerprint density at radius 3 is 2.40 bits per heavy atom. The molecule has 1 amide bonds. The SMILES string of the molecule is C.CNC(=O)c1cccc(/C(N)=C/C=C(N)N)c1.[B]C(O)(C1COCCO1)N1CC2CCCC2C1. The molecule has 4 unspecified atom stereocenters. The van der Waals surface area contributed by atoms with Gasteiger partial charge in [-0.3, -0.25) is 9.69 Å². The van der Waals surface area contributed by atoms with Gasteiger partial charge < -0.3 is 37.1 Å². The van der Waals surface area contributed by atoms with E-state index in [9.17, 15) is 9.90 Å². The fourth-order valence-corrected chi connectivity index (χ4v) is 4.73. The van der Waals surface area contributed by atoms with Gasteiger partial charge in [0.25, 0.3) is 5.91 Å². The van der Waals surface area contributed by atoms with Gasteiger partial charge in [-0.05, 0) is 54.5 Å². The number of allylic oxidation sites excluding steroid dienone is 2. The van der Waals surface area contributed by atoms with Crippen LogP contribution in [0.2, 0.25) is 0 Å². The zero-order valence-electron chi connectivity index (χ0n) is 19.8. The van der Waals surface area contributed by atoms with E-state index in [0.717, 1.165) is 30.5 Å². The number of aliphatic hydroxyl groups is 1. The first-order valence-corrected chi connectivity index (χ1v) is 11.7. The van der Waals surface area contributed by atoms with Crippen molar-refractivity contribution in [1.29, 1.82) is 0 Å². The van der Waals surface area contributed by atoms with Gasteiger partial charge in [-0.1, -0.05) is 26.0 Å². The van der Waals surface area contributed by atoms with E-state index in [1.165, 1.54) is 25.3 Å². The normalized spacial score (nSPS) is 25.8. The lowest BCUT2D eigenvalue weighted by Gasteiger charge is -2.42. The number of hydrogen-bond acceptors (Lipinski definition) is 8. The van der Waals surface area contributed by atoms with Gasteiger partial charge in [0.1, 0.15) is 19.6 Å². The summed E-state index contributed by atoms with van der Waals surface area (Å²) in [6.45, 7) is 3.30. The Labute approximate surface area is 210 Å². The molecule has 9 nitrogen and oxygen atoms in total. The lowest BCUT2D eigenvalue weighted by atomic mass is 9.83. The maximum atomic E-state index is 11.4. The van der Waals surface area contributed by atoms with Crippen LogP contribution in [0.15, 0.2) is 42.2 Å². The molecule has 8 N–H and O–H groups in total. The highest BCUT2D eigenvalue weighted by molar-refractivity contribution is 6.14. The molecular weight excluding hydrogens is 445 g/mol. The molecule has 3 fully saturated rings. The number of nitrogens with zero attached hydrogens (tertiary/aromatic N) is 1. The maximum Gasteiger partial charge on any atom is 0.251 e. The summed E-state index contributed by atoms with van der Waals surface area (Å²) in [5, 5.41) is 13.0. The number of rotatable bonds is 5. The molecule has 1 saturated carbocycles. The maximum absolute atomic E-state index is 11.4. The van der Waals surface area contributed by atoms with E-state index in [4.69, 9.17) is 34.5 Å². The average Bonchev–Trinajstić information content (AvgIpc) is 3.46. The van der Waals surface area contributed by atoms with Gasteiger partial charge in [0, 0.05) is 31.4 Å². The summed E-state index contributed by atoms with van der Waals surface area (Å²) in [6.07, 6.45) is 6.56. The van der Waals surface area contributed by atoms with Gasteiger partial charge >= 0.3 is 0 Å². The molecule has 10 heteroatoms. The van der Waals surface area contributed by atoms with Crippen molar-refractivity contribution in [2.45, 2.75) is 38.4 Å². The van der Waals surface area contributed by atoms with E-state index in [2.05, 4.69) is 5.32 Å². The highest BCUT2D eigenvalue weighted by Gasteiger charge is 2.46. The van der Waals surface area contributed by atoms with Gasteiger partial charge in [-0.2, -0.15) is 0 Å². The van der Waals surface area contributed by atoms with E-state index in [1.54, 1.807) is 37.4 Å². The van der Waals surface area contributed by atoms with Crippen LogP contribution >= 0.6 is 0 Å². The van der Waals surface area contributed by atoms with E-state index in [-0.39, 0.29) is 19.2 Å². The van der Waals surface area contributed by atoms with Crippen molar-refractivity contribution in [3.8, 4) is 0 Å². The monoisotopic (exact) mass is 485 g/mol. The molecule has 4 atom stereocenters. The zero-order chi connectivity index (χ0) is 24.7. The van der Waals surface area contributed by atoms with Crippen LogP contribution in [-0.4, -0.2) is 75.4 Å². The highest BCUT2D eigenvalue weighted by Crippen LogP contribution is 2.40. The van der Waals surface area contributed by atoms with Crippen LogP contribution in [0.1, 0.15) is 42.6 Å². The predicted molar refractivity (Wildman–Crippen MR) is 139 cm³/mol. The highest BCUT2D eigenvalue weighted by atomic mass is 16.6. The molecule has 1 aromatic carbocycles. The van der Waals surface area contributed by atoms with E-state index >= 15 is 0 Å². The Hall–Kier alpha value is -2.53. The smallest absolute Gasteiger partial charge is 0.251 e. The molecule has 2 heterocycles. The van der Waals surface area contributed by atoms with Crippen LogP contribution in [0, 0.1) is 11.8 Å². The summed E-state index contributed by atoms with van der Waals surface area (Å²) in [5.41, 5.74) is 16.8. The largest absolute Gasteiger partial charge is 0.398 e. The molecule has 2 aliphatic heterocycles. The Morgan fingerprint density at radius 2 is 1.83 bits per heavy atom. The number of carbonyl (C=O) groups is 1. The Kier molecular flexibility index (Phi) is 10.6. The first kappa shape index (κ1) is 28.7. The van der Waals surface area contributed by atoms with Gasteiger partial charge in [0.05, 0.1) is 25.6 Å². The average molecular weight is 485 g/mol. The van der Waals surface area contributed by atoms with Crippen LogP contribution in [0.5, 0.6) is 0 Å². The van der Waals surface area contributed by atoms with Crippen molar-refractivity contribution in [1.82, 2.24) is 10.2 Å². The first-order chi connectivity index (χ1) is 16.2. The molecule has 2 saturated heterocycles. The number of benzene rings is 1. The summed E-state index contributed by atoms with van der Waals surface area (Å²) >= 11 is 0. The van der Waals surface area contributed by atoms with Crippen molar-refractivity contribution in [3.05, 3.63) is 53.4 Å².